The Morgan fingerprint density at radius 2 is 2.21 bits per heavy atom. The first kappa shape index (κ1) is 13.9. The van der Waals surface area contributed by atoms with E-state index in [2.05, 4.69) is 10.4 Å². The molecule has 1 atom stereocenters. The molecule has 1 amide bonds. The highest BCUT2D eigenvalue weighted by Crippen LogP contribution is 2.42. The highest BCUT2D eigenvalue weighted by atomic mass is 19.4. The van der Waals surface area contributed by atoms with Crippen LogP contribution >= 0.6 is 0 Å². The minimum Gasteiger partial charge on any atom is -0.359 e. The topological polar surface area (TPSA) is 46.9 Å². The van der Waals surface area contributed by atoms with Crippen LogP contribution in [0.3, 0.4) is 0 Å². The second kappa shape index (κ2) is 4.86. The molecule has 0 spiro atoms. The predicted molar refractivity (Wildman–Crippen MR) is 62.4 cm³/mol. The van der Waals surface area contributed by atoms with Crippen LogP contribution in [-0.4, -0.2) is 22.7 Å². The SMILES string of the molecule is CNC(=O)C(C)Cn1nc(C(F)(F)F)cc1C1CC1. The number of rotatable bonds is 4. The van der Waals surface area contributed by atoms with Gasteiger partial charge in [-0.3, -0.25) is 9.48 Å². The van der Waals surface area contributed by atoms with E-state index in [4.69, 9.17) is 0 Å². The summed E-state index contributed by atoms with van der Waals surface area (Å²) in [6.45, 7) is 1.84. The Balaban J connectivity index is 2.23. The molecule has 0 aromatic carbocycles. The van der Waals surface area contributed by atoms with E-state index in [0.29, 0.717) is 5.69 Å². The van der Waals surface area contributed by atoms with Gasteiger partial charge in [-0.25, -0.2) is 0 Å². The van der Waals surface area contributed by atoms with Gasteiger partial charge in [0.25, 0.3) is 0 Å². The van der Waals surface area contributed by atoms with Gasteiger partial charge in [0.15, 0.2) is 5.69 Å². The first-order chi connectivity index (χ1) is 8.82. The van der Waals surface area contributed by atoms with Crippen LogP contribution < -0.4 is 5.32 Å². The molecule has 0 radical (unpaired) electrons. The van der Waals surface area contributed by atoms with Crippen molar-refractivity contribution in [3.05, 3.63) is 17.5 Å². The van der Waals surface area contributed by atoms with Crippen molar-refractivity contribution < 1.29 is 18.0 Å². The summed E-state index contributed by atoms with van der Waals surface area (Å²) in [5, 5.41) is 6.10. The van der Waals surface area contributed by atoms with Crippen molar-refractivity contribution in [1.82, 2.24) is 15.1 Å². The summed E-state index contributed by atoms with van der Waals surface area (Å²) in [5.41, 5.74) is -0.290. The summed E-state index contributed by atoms with van der Waals surface area (Å²) >= 11 is 0. The largest absolute Gasteiger partial charge is 0.435 e. The van der Waals surface area contributed by atoms with E-state index >= 15 is 0 Å². The molecule has 1 aliphatic carbocycles. The van der Waals surface area contributed by atoms with Crippen LogP contribution in [0.2, 0.25) is 0 Å². The van der Waals surface area contributed by atoms with Crippen LogP contribution in [0.4, 0.5) is 13.2 Å². The zero-order valence-electron chi connectivity index (χ0n) is 10.8. The van der Waals surface area contributed by atoms with E-state index in [1.165, 1.54) is 11.7 Å². The summed E-state index contributed by atoms with van der Waals surface area (Å²) in [5.74, 6) is -0.463. The lowest BCUT2D eigenvalue weighted by molar-refractivity contribution is -0.141. The molecule has 106 valence electrons. The molecular weight excluding hydrogens is 259 g/mol. The average molecular weight is 275 g/mol. The van der Waals surface area contributed by atoms with Crippen molar-refractivity contribution in [2.45, 2.75) is 38.4 Å². The molecule has 1 saturated carbocycles. The van der Waals surface area contributed by atoms with Crippen molar-refractivity contribution in [1.29, 1.82) is 0 Å². The smallest absolute Gasteiger partial charge is 0.359 e. The fraction of sp³-hybridized carbons (Fsp3) is 0.667. The predicted octanol–water partition coefficient (Wildman–Crippen LogP) is 2.16. The van der Waals surface area contributed by atoms with Crippen LogP contribution in [0.15, 0.2) is 6.07 Å². The molecular formula is C12H16F3N3O. The van der Waals surface area contributed by atoms with Gasteiger partial charge in [-0.1, -0.05) is 6.92 Å². The fourth-order valence-electron chi connectivity index (χ4n) is 2.01. The maximum absolute atomic E-state index is 12.7. The van der Waals surface area contributed by atoms with Crippen molar-refractivity contribution in [3.63, 3.8) is 0 Å². The van der Waals surface area contributed by atoms with Crippen LogP contribution in [0.5, 0.6) is 0 Å². The number of nitrogens with zero attached hydrogens (tertiary/aromatic N) is 2. The van der Waals surface area contributed by atoms with Gasteiger partial charge in [0, 0.05) is 18.7 Å². The number of amides is 1. The van der Waals surface area contributed by atoms with Crippen LogP contribution in [0, 0.1) is 5.92 Å². The summed E-state index contributed by atoms with van der Waals surface area (Å²) in [7, 11) is 1.50. The van der Waals surface area contributed by atoms with Gasteiger partial charge in [0.05, 0.1) is 12.5 Å². The molecule has 1 N–H and O–H groups in total. The van der Waals surface area contributed by atoms with E-state index in [1.807, 2.05) is 0 Å². The Morgan fingerprint density at radius 3 is 2.68 bits per heavy atom. The average Bonchev–Trinajstić information content (AvgIpc) is 3.08. The van der Waals surface area contributed by atoms with Gasteiger partial charge in [-0.15, -0.1) is 0 Å². The molecule has 7 heteroatoms. The van der Waals surface area contributed by atoms with E-state index < -0.39 is 17.8 Å². The highest BCUT2D eigenvalue weighted by Gasteiger charge is 2.38. The van der Waals surface area contributed by atoms with Crippen LogP contribution in [0.25, 0.3) is 0 Å². The number of nitrogens with one attached hydrogen (secondary N) is 1. The van der Waals surface area contributed by atoms with Gasteiger partial charge >= 0.3 is 6.18 Å². The minimum atomic E-state index is -4.44. The Labute approximate surface area is 109 Å². The number of carbonyl (C=O) groups is 1. The molecule has 1 unspecified atom stereocenters. The number of carbonyl (C=O) groups excluding carboxylic acids is 1. The number of hydrogen-bond acceptors (Lipinski definition) is 2. The monoisotopic (exact) mass is 275 g/mol. The quantitative estimate of drug-likeness (QED) is 0.915. The molecule has 0 aliphatic heterocycles. The lowest BCUT2D eigenvalue weighted by Crippen LogP contribution is -2.29. The van der Waals surface area contributed by atoms with Crippen LogP contribution in [-0.2, 0) is 17.5 Å². The number of halogens is 3. The third kappa shape index (κ3) is 3.08. The Kier molecular flexibility index (Phi) is 3.56. The molecule has 1 aromatic heterocycles. The van der Waals surface area contributed by atoms with E-state index in [9.17, 15) is 18.0 Å². The van der Waals surface area contributed by atoms with E-state index in [0.717, 1.165) is 18.9 Å². The molecule has 1 heterocycles. The first-order valence-electron chi connectivity index (χ1n) is 6.19. The third-order valence-corrected chi connectivity index (χ3v) is 3.24. The van der Waals surface area contributed by atoms with Gasteiger partial charge < -0.3 is 5.32 Å². The summed E-state index contributed by atoms with van der Waals surface area (Å²) in [6, 6.07) is 1.11. The Hall–Kier alpha value is -1.53. The normalized spacial score (nSPS) is 17.3. The summed E-state index contributed by atoms with van der Waals surface area (Å²) in [4.78, 5) is 11.4. The molecule has 1 fully saturated rings. The highest BCUT2D eigenvalue weighted by molar-refractivity contribution is 5.77. The van der Waals surface area contributed by atoms with Gasteiger partial charge in [0.1, 0.15) is 0 Å². The van der Waals surface area contributed by atoms with Gasteiger partial charge in [-0.2, -0.15) is 18.3 Å². The molecule has 2 rings (SSSR count). The number of aromatic nitrogens is 2. The third-order valence-electron chi connectivity index (χ3n) is 3.24. The molecule has 0 saturated heterocycles. The van der Waals surface area contributed by atoms with E-state index in [1.54, 1.807) is 6.92 Å². The first-order valence-corrected chi connectivity index (χ1v) is 6.19. The lowest BCUT2D eigenvalue weighted by Gasteiger charge is -2.12. The molecule has 1 aliphatic rings. The molecule has 19 heavy (non-hydrogen) atoms. The minimum absolute atomic E-state index is 0.153. The van der Waals surface area contributed by atoms with Crippen molar-refractivity contribution in [2.75, 3.05) is 7.05 Å². The van der Waals surface area contributed by atoms with Gasteiger partial charge in [-0.05, 0) is 18.9 Å². The molecule has 0 bridgehead atoms. The van der Waals surface area contributed by atoms with Crippen LogP contribution in [0.1, 0.15) is 37.1 Å². The van der Waals surface area contributed by atoms with Crippen molar-refractivity contribution in [2.24, 2.45) is 5.92 Å². The Bertz CT molecular complexity index is 477. The fourth-order valence-corrected chi connectivity index (χ4v) is 2.01. The zero-order chi connectivity index (χ0) is 14.2. The number of alkyl halides is 3. The van der Waals surface area contributed by atoms with Gasteiger partial charge in [0.2, 0.25) is 5.91 Å². The second-order valence-corrected chi connectivity index (χ2v) is 4.92. The second-order valence-electron chi connectivity index (χ2n) is 4.92. The standard InChI is InChI=1S/C12H16F3N3O/c1-7(11(19)16-2)6-18-9(8-3-4-8)5-10(17-18)12(13,14)15/h5,7-8H,3-4,6H2,1-2H3,(H,16,19). The maximum Gasteiger partial charge on any atom is 0.435 e. The maximum atomic E-state index is 12.7. The van der Waals surface area contributed by atoms with E-state index in [-0.39, 0.29) is 18.4 Å². The van der Waals surface area contributed by atoms with Crippen molar-refractivity contribution >= 4 is 5.91 Å². The summed E-state index contributed by atoms with van der Waals surface area (Å²) in [6.07, 6.45) is -2.67. The van der Waals surface area contributed by atoms with Crippen molar-refractivity contribution in [3.8, 4) is 0 Å². The zero-order valence-corrected chi connectivity index (χ0v) is 10.8. The summed E-state index contributed by atoms with van der Waals surface area (Å²) < 4.78 is 39.4. The molecule has 4 nitrogen and oxygen atoms in total. The molecule has 1 aromatic rings. The lowest BCUT2D eigenvalue weighted by atomic mass is 10.1. The number of hydrogen-bond donors (Lipinski definition) is 1. The Morgan fingerprint density at radius 1 is 1.58 bits per heavy atom.